The lowest BCUT2D eigenvalue weighted by atomic mass is 10.2. The molecule has 3 rings (SSSR count). The van der Waals surface area contributed by atoms with E-state index in [1.54, 1.807) is 12.1 Å². The summed E-state index contributed by atoms with van der Waals surface area (Å²) in [6, 6.07) is 16.0. The van der Waals surface area contributed by atoms with Gasteiger partial charge in [0, 0.05) is 38.8 Å². The molecule has 0 spiro atoms. The third kappa shape index (κ3) is 4.17. The number of nitrogens with one attached hydrogen (secondary N) is 1. The molecule has 0 aromatic heterocycles. The summed E-state index contributed by atoms with van der Waals surface area (Å²) in [5, 5.41) is 2.78. The summed E-state index contributed by atoms with van der Waals surface area (Å²) in [5.74, 6) is -0.853. The number of para-hydroxylation sites is 1. The second kappa shape index (κ2) is 8.43. The number of anilines is 1. The van der Waals surface area contributed by atoms with Crippen molar-refractivity contribution in [3.63, 3.8) is 0 Å². The molecule has 2 aromatic carbocycles. The molecule has 148 valence electrons. The summed E-state index contributed by atoms with van der Waals surface area (Å²) in [6.45, 7) is 1.10. The third-order valence-corrected chi connectivity index (χ3v) is 6.48. The molecule has 0 bridgehead atoms. The summed E-state index contributed by atoms with van der Waals surface area (Å²) >= 11 is 0. The van der Waals surface area contributed by atoms with E-state index in [9.17, 15) is 18.0 Å². The van der Waals surface area contributed by atoms with E-state index in [-0.39, 0.29) is 29.3 Å². The molecule has 0 saturated heterocycles. The predicted octanol–water partition coefficient (Wildman–Crippen LogP) is 1.86. The largest absolute Gasteiger partial charge is 0.375 e. The second-order valence-corrected chi connectivity index (χ2v) is 8.42. The fourth-order valence-electron chi connectivity index (χ4n) is 3.10. The highest BCUT2D eigenvalue weighted by Gasteiger charge is 2.40. The highest BCUT2D eigenvalue weighted by Crippen LogP contribution is 2.29. The minimum Gasteiger partial charge on any atom is -0.375 e. The summed E-state index contributed by atoms with van der Waals surface area (Å²) in [5.41, 5.74) is 1.26. The minimum absolute atomic E-state index is 0.00403. The van der Waals surface area contributed by atoms with Gasteiger partial charge >= 0.3 is 0 Å². The maximum atomic E-state index is 12.4. The minimum atomic E-state index is -3.86. The number of hydrogen-bond donors (Lipinski definition) is 1. The average molecular weight is 401 g/mol. The summed E-state index contributed by atoms with van der Waals surface area (Å²) in [7, 11) is -1.88. The summed E-state index contributed by atoms with van der Waals surface area (Å²) in [4.78, 5) is 26.5. The van der Waals surface area contributed by atoms with Crippen molar-refractivity contribution in [2.24, 2.45) is 0 Å². The molecule has 1 aliphatic heterocycles. The fourth-order valence-corrected chi connectivity index (χ4v) is 4.67. The number of hydrogen-bond acceptors (Lipinski definition) is 5. The molecule has 7 nitrogen and oxygen atoms in total. The van der Waals surface area contributed by atoms with Crippen molar-refractivity contribution in [1.82, 2.24) is 9.62 Å². The highest BCUT2D eigenvalue weighted by atomic mass is 32.2. The predicted molar refractivity (Wildman–Crippen MR) is 107 cm³/mol. The van der Waals surface area contributed by atoms with E-state index in [2.05, 4.69) is 10.2 Å². The van der Waals surface area contributed by atoms with Gasteiger partial charge in [-0.2, -0.15) is 0 Å². The standard InChI is InChI=1S/C20H23N3O4S/c1-22(16-8-3-2-4-9-16)14-7-13-21-19(24)12-15-23-20(25)17-10-5-6-11-18(17)28(23,26)27/h2-6,8-11H,7,12-15H2,1H3,(H,21,24). The zero-order valence-electron chi connectivity index (χ0n) is 15.7. The highest BCUT2D eigenvalue weighted by molar-refractivity contribution is 7.90. The van der Waals surface area contributed by atoms with Crippen LogP contribution in [0.25, 0.3) is 0 Å². The van der Waals surface area contributed by atoms with E-state index in [0.29, 0.717) is 6.54 Å². The number of carbonyl (C=O) groups excluding carboxylic acids is 2. The molecule has 0 radical (unpaired) electrons. The molecule has 1 N–H and O–H groups in total. The van der Waals surface area contributed by atoms with Crippen LogP contribution in [0.1, 0.15) is 23.2 Å². The van der Waals surface area contributed by atoms with Crippen LogP contribution in [0.3, 0.4) is 0 Å². The van der Waals surface area contributed by atoms with Crippen molar-refractivity contribution in [2.75, 3.05) is 31.6 Å². The zero-order chi connectivity index (χ0) is 20.1. The molecule has 8 heteroatoms. The first kappa shape index (κ1) is 19.9. The van der Waals surface area contributed by atoms with Crippen LogP contribution in [-0.2, 0) is 14.8 Å². The Morgan fingerprint density at radius 2 is 1.75 bits per heavy atom. The zero-order valence-corrected chi connectivity index (χ0v) is 16.5. The van der Waals surface area contributed by atoms with Crippen LogP contribution >= 0.6 is 0 Å². The molecule has 2 aromatic rings. The van der Waals surface area contributed by atoms with Crippen LogP contribution in [-0.4, -0.2) is 51.2 Å². The normalized spacial score (nSPS) is 14.6. The molecular weight excluding hydrogens is 378 g/mol. The molecule has 0 atom stereocenters. The Labute approximate surface area is 165 Å². The summed E-state index contributed by atoms with van der Waals surface area (Å²) < 4.78 is 25.7. The number of fused-ring (bicyclic) bond motifs is 1. The molecule has 28 heavy (non-hydrogen) atoms. The molecular formula is C20H23N3O4S. The number of rotatable bonds is 8. The molecule has 0 fully saturated rings. The lowest BCUT2D eigenvalue weighted by molar-refractivity contribution is -0.121. The van der Waals surface area contributed by atoms with Crippen LogP contribution in [0, 0.1) is 0 Å². The van der Waals surface area contributed by atoms with Gasteiger partial charge in [0.05, 0.1) is 5.56 Å². The summed E-state index contributed by atoms with van der Waals surface area (Å²) in [6.07, 6.45) is 0.691. The van der Waals surface area contributed by atoms with Crippen molar-refractivity contribution < 1.29 is 18.0 Å². The maximum absolute atomic E-state index is 12.4. The van der Waals surface area contributed by atoms with Gasteiger partial charge in [-0.05, 0) is 30.7 Å². The van der Waals surface area contributed by atoms with Gasteiger partial charge in [0.15, 0.2) is 0 Å². The van der Waals surface area contributed by atoms with E-state index in [4.69, 9.17) is 0 Å². The smallest absolute Gasteiger partial charge is 0.269 e. The van der Waals surface area contributed by atoms with Gasteiger partial charge in [0.2, 0.25) is 5.91 Å². The lowest BCUT2D eigenvalue weighted by Gasteiger charge is -2.19. The number of sulfonamides is 1. The molecule has 0 aliphatic carbocycles. The van der Waals surface area contributed by atoms with Crippen LogP contribution in [0.5, 0.6) is 0 Å². The van der Waals surface area contributed by atoms with Crippen LogP contribution < -0.4 is 10.2 Å². The Balaban J connectivity index is 1.43. The molecule has 1 heterocycles. The molecule has 1 aliphatic rings. The van der Waals surface area contributed by atoms with Crippen LogP contribution in [0.15, 0.2) is 59.5 Å². The van der Waals surface area contributed by atoms with Gasteiger partial charge in [-0.1, -0.05) is 30.3 Å². The van der Waals surface area contributed by atoms with E-state index in [0.717, 1.165) is 23.0 Å². The molecule has 0 saturated carbocycles. The fraction of sp³-hybridized carbons (Fsp3) is 0.300. The van der Waals surface area contributed by atoms with Gasteiger partial charge in [0.25, 0.3) is 15.9 Å². The first-order valence-electron chi connectivity index (χ1n) is 9.10. The van der Waals surface area contributed by atoms with E-state index < -0.39 is 15.9 Å². The van der Waals surface area contributed by atoms with Gasteiger partial charge in [-0.25, -0.2) is 12.7 Å². The Kier molecular flexibility index (Phi) is 5.99. The Morgan fingerprint density at radius 3 is 2.46 bits per heavy atom. The quantitative estimate of drug-likeness (QED) is 0.683. The van der Waals surface area contributed by atoms with Crippen LogP contribution in [0.2, 0.25) is 0 Å². The SMILES string of the molecule is CN(CCCNC(=O)CCN1C(=O)c2ccccc2S1(=O)=O)c1ccccc1. The maximum Gasteiger partial charge on any atom is 0.269 e. The monoisotopic (exact) mass is 401 g/mol. The van der Waals surface area contributed by atoms with Gasteiger partial charge in [-0.3, -0.25) is 9.59 Å². The van der Waals surface area contributed by atoms with Crippen molar-refractivity contribution in [3.05, 3.63) is 60.2 Å². The number of amides is 2. The van der Waals surface area contributed by atoms with Crippen LogP contribution in [0.4, 0.5) is 5.69 Å². The lowest BCUT2D eigenvalue weighted by Crippen LogP contribution is -2.35. The van der Waals surface area contributed by atoms with E-state index >= 15 is 0 Å². The first-order chi connectivity index (χ1) is 13.4. The Morgan fingerprint density at radius 1 is 1.07 bits per heavy atom. The first-order valence-corrected chi connectivity index (χ1v) is 10.5. The second-order valence-electron chi connectivity index (χ2n) is 6.59. The van der Waals surface area contributed by atoms with Crippen molar-refractivity contribution in [2.45, 2.75) is 17.7 Å². The number of benzene rings is 2. The molecule has 0 unspecified atom stereocenters. The Hall–Kier alpha value is -2.87. The van der Waals surface area contributed by atoms with Crippen molar-refractivity contribution in [1.29, 1.82) is 0 Å². The Bertz CT molecular complexity index is 960. The number of carbonyl (C=O) groups is 2. The third-order valence-electron chi connectivity index (χ3n) is 4.64. The van der Waals surface area contributed by atoms with Crippen molar-refractivity contribution >= 4 is 27.5 Å². The average Bonchev–Trinajstić information content (AvgIpc) is 2.90. The van der Waals surface area contributed by atoms with Gasteiger partial charge in [0.1, 0.15) is 4.90 Å². The van der Waals surface area contributed by atoms with Gasteiger partial charge in [-0.15, -0.1) is 0 Å². The molecule has 2 amide bonds. The van der Waals surface area contributed by atoms with Crippen molar-refractivity contribution in [3.8, 4) is 0 Å². The van der Waals surface area contributed by atoms with E-state index in [1.165, 1.54) is 12.1 Å². The number of nitrogens with zero attached hydrogens (tertiary/aromatic N) is 2. The topological polar surface area (TPSA) is 86.8 Å². The van der Waals surface area contributed by atoms with E-state index in [1.807, 2.05) is 37.4 Å². The van der Waals surface area contributed by atoms with Gasteiger partial charge < -0.3 is 10.2 Å².